The molecule has 2 rings (SSSR count). The minimum absolute atomic E-state index is 0.772. The molecule has 0 amide bonds. The number of hydrogen-bond acceptors (Lipinski definition) is 2. The van der Waals surface area contributed by atoms with Crippen molar-refractivity contribution < 1.29 is 0 Å². The highest BCUT2D eigenvalue weighted by atomic mass is 79.9. The zero-order valence-corrected chi connectivity index (χ0v) is 9.58. The van der Waals surface area contributed by atoms with Gasteiger partial charge < -0.3 is 0 Å². The lowest BCUT2D eigenvalue weighted by atomic mass is 10.0. The zero-order chi connectivity index (χ0) is 9.97. The molecule has 1 aromatic heterocycles. The van der Waals surface area contributed by atoms with Crippen LogP contribution in [-0.2, 0) is 11.7 Å². The van der Waals surface area contributed by atoms with Crippen LogP contribution in [0.5, 0.6) is 0 Å². The molecule has 0 aliphatic rings. The summed E-state index contributed by atoms with van der Waals surface area (Å²) in [5.41, 5.74) is 4.08. The molecule has 2 aromatic rings. The van der Waals surface area contributed by atoms with E-state index in [1.54, 1.807) is 0 Å². The maximum absolute atomic E-state index is 4.57. The normalized spacial score (nSPS) is 10.6. The number of hydrogen-bond donors (Lipinski definition) is 0. The molecule has 0 saturated heterocycles. The van der Waals surface area contributed by atoms with E-state index in [0.717, 1.165) is 34.1 Å². The van der Waals surface area contributed by atoms with Gasteiger partial charge in [0.15, 0.2) is 0 Å². The first-order valence-electron chi connectivity index (χ1n) is 4.65. The molecule has 4 heteroatoms. The molecule has 14 heavy (non-hydrogen) atoms. The molecule has 1 heterocycles. The van der Waals surface area contributed by atoms with Gasteiger partial charge in [0.2, 0.25) is 0 Å². The number of rotatable bonds is 2. The summed E-state index contributed by atoms with van der Waals surface area (Å²) in [6.07, 6.45) is 0.929. The van der Waals surface area contributed by atoms with E-state index in [1.165, 1.54) is 0 Å². The maximum Gasteiger partial charge on any atom is 0.109 e. The fraction of sp³-hybridized carbons (Fsp3) is 0.200. The molecular weight excluding hydrogens is 239 g/mol. The molecule has 0 radical (unpaired) electrons. The smallest absolute Gasteiger partial charge is 0.109 e. The van der Waals surface area contributed by atoms with Crippen molar-refractivity contribution in [1.82, 2.24) is 9.97 Å². The summed E-state index contributed by atoms with van der Waals surface area (Å²) in [4.78, 5) is 9.13. The van der Waals surface area contributed by atoms with Gasteiger partial charge in [0.1, 0.15) is 7.85 Å². The molecule has 0 unspecified atom stereocenters. The summed E-state index contributed by atoms with van der Waals surface area (Å²) in [6.45, 7) is 0. The van der Waals surface area contributed by atoms with Gasteiger partial charge in [0, 0.05) is 5.33 Å². The molecule has 0 aliphatic heterocycles. The van der Waals surface area contributed by atoms with Crippen LogP contribution in [0.4, 0.5) is 0 Å². The van der Waals surface area contributed by atoms with Crippen LogP contribution in [0.25, 0.3) is 11.0 Å². The Labute approximate surface area is 92.3 Å². The summed E-state index contributed by atoms with van der Waals surface area (Å²) >= 11 is 3.43. The molecular formula is C10H10BBrN2. The molecule has 0 saturated carbocycles. The number of para-hydroxylation sites is 2. The fourth-order valence-corrected chi connectivity index (χ4v) is 1.91. The molecule has 0 aliphatic carbocycles. The van der Waals surface area contributed by atoms with Gasteiger partial charge in [-0.25, -0.2) is 4.98 Å². The second-order valence-corrected chi connectivity index (χ2v) is 3.65. The third-order valence-electron chi connectivity index (χ3n) is 2.19. The molecule has 70 valence electrons. The summed E-state index contributed by atoms with van der Waals surface area (Å²) in [6, 6.07) is 7.97. The average molecular weight is 249 g/mol. The van der Waals surface area contributed by atoms with Gasteiger partial charge in [-0.2, -0.15) is 0 Å². The van der Waals surface area contributed by atoms with Gasteiger partial charge in [-0.05, 0) is 18.5 Å². The van der Waals surface area contributed by atoms with Gasteiger partial charge in [-0.15, -0.1) is 0 Å². The second-order valence-electron chi connectivity index (χ2n) is 3.09. The number of benzene rings is 1. The van der Waals surface area contributed by atoms with E-state index in [0.29, 0.717) is 0 Å². The molecule has 2 nitrogen and oxygen atoms in total. The van der Waals surface area contributed by atoms with Crippen LogP contribution in [0.2, 0.25) is 0 Å². The Balaban J connectivity index is 2.69. The Bertz CT molecular complexity index is 416. The van der Waals surface area contributed by atoms with E-state index in [4.69, 9.17) is 0 Å². The predicted octanol–water partition coefficient (Wildman–Crippen LogP) is 1.66. The molecule has 0 spiro atoms. The Morgan fingerprint density at radius 2 is 1.64 bits per heavy atom. The zero-order valence-electron chi connectivity index (χ0n) is 8.00. The van der Waals surface area contributed by atoms with E-state index >= 15 is 0 Å². The third-order valence-corrected chi connectivity index (χ3v) is 2.72. The average Bonchev–Trinajstić information content (AvgIpc) is 2.27. The van der Waals surface area contributed by atoms with Crippen LogP contribution in [0, 0.1) is 0 Å². The number of halogens is 1. The van der Waals surface area contributed by atoms with Crippen molar-refractivity contribution in [2.24, 2.45) is 0 Å². The molecule has 0 fully saturated rings. The van der Waals surface area contributed by atoms with Gasteiger partial charge in [0.25, 0.3) is 0 Å². The highest BCUT2D eigenvalue weighted by molar-refractivity contribution is 9.08. The first kappa shape index (κ1) is 9.65. The lowest BCUT2D eigenvalue weighted by Crippen LogP contribution is -2.00. The highest BCUT2D eigenvalue weighted by Gasteiger charge is 2.04. The molecule has 0 N–H and O–H groups in total. The molecule has 0 bridgehead atoms. The second kappa shape index (κ2) is 4.09. The van der Waals surface area contributed by atoms with Crippen LogP contribution in [0.3, 0.4) is 0 Å². The van der Waals surface area contributed by atoms with Crippen molar-refractivity contribution in [3.63, 3.8) is 0 Å². The standard InChI is InChI=1S/C10H10BBrN2/c11-5-9-10(6-12)14-8-4-2-1-3-7(8)13-9/h1-4H,5-6,11H2. The predicted molar refractivity (Wildman–Crippen MR) is 64.4 cm³/mol. The monoisotopic (exact) mass is 248 g/mol. The SMILES string of the molecule is BCc1nc2ccccc2nc1CBr. The molecule has 0 atom stereocenters. The van der Waals surface area contributed by atoms with Gasteiger partial charge in [0.05, 0.1) is 22.4 Å². The van der Waals surface area contributed by atoms with E-state index in [9.17, 15) is 0 Å². The van der Waals surface area contributed by atoms with Gasteiger partial charge >= 0.3 is 0 Å². The van der Waals surface area contributed by atoms with E-state index < -0.39 is 0 Å². The van der Waals surface area contributed by atoms with Gasteiger partial charge in [-0.3, -0.25) is 4.98 Å². The van der Waals surface area contributed by atoms with E-state index in [1.807, 2.05) is 24.3 Å². The Morgan fingerprint density at radius 1 is 1.07 bits per heavy atom. The Morgan fingerprint density at radius 3 is 2.14 bits per heavy atom. The number of nitrogens with zero attached hydrogens (tertiary/aromatic N) is 2. The minimum Gasteiger partial charge on any atom is -0.250 e. The first-order valence-corrected chi connectivity index (χ1v) is 5.77. The lowest BCUT2D eigenvalue weighted by molar-refractivity contribution is 1.07. The summed E-state index contributed by atoms with van der Waals surface area (Å²) < 4.78 is 0. The fourth-order valence-electron chi connectivity index (χ4n) is 1.46. The van der Waals surface area contributed by atoms with Crippen molar-refractivity contribution in [3.8, 4) is 0 Å². The maximum atomic E-state index is 4.57. The topological polar surface area (TPSA) is 25.8 Å². The number of fused-ring (bicyclic) bond motifs is 1. The van der Waals surface area contributed by atoms with Crippen LogP contribution in [0.1, 0.15) is 11.4 Å². The quantitative estimate of drug-likeness (QED) is 0.597. The highest BCUT2D eigenvalue weighted by Crippen LogP contribution is 2.14. The summed E-state index contributed by atoms with van der Waals surface area (Å²) in [7, 11) is 2.10. The van der Waals surface area contributed by atoms with Crippen LogP contribution >= 0.6 is 15.9 Å². The Hall–Kier alpha value is -0.895. The number of alkyl halides is 1. The summed E-state index contributed by atoms with van der Waals surface area (Å²) in [5.74, 6) is 0. The van der Waals surface area contributed by atoms with E-state index in [-0.39, 0.29) is 0 Å². The van der Waals surface area contributed by atoms with Crippen molar-refractivity contribution in [3.05, 3.63) is 35.7 Å². The van der Waals surface area contributed by atoms with Crippen LogP contribution in [-0.4, -0.2) is 17.8 Å². The van der Waals surface area contributed by atoms with Crippen molar-refractivity contribution in [1.29, 1.82) is 0 Å². The van der Waals surface area contributed by atoms with Crippen molar-refractivity contribution >= 4 is 34.8 Å². The first-order chi connectivity index (χ1) is 6.85. The van der Waals surface area contributed by atoms with Crippen LogP contribution < -0.4 is 0 Å². The Kier molecular flexibility index (Phi) is 2.82. The van der Waals surface area contributed by atoms with Crippen LogP contribution in [0.15, 0.2) is 24.3 Å². The minimum atomic E-state index is 0.772. The third kappa shape index (κ3) is 1.66. The summed E-state index contributed by atoms with van der Waals surface area (Å²) in [5, 5.41) is 0.772. The van der Waals surface area contributed by atoms with Gasteiger partial charge in [-0.1, -0.05) is 28.1 Å². The van der Waals surface area contributed by atoms with E-state index in [2.05, 4.69) is 33.7 Å². The molecule has 1 aromatic carbocycles. The number of aromatic nitrogens is 2. The lowest BCUT2D eigenvalue weighted by Gasteiger charge is -2.04. The van der Waals surface area contributed by atoms with Crippen molar-refractivity contribution in [2.75, 3.05) is 0 Å². The largest absolute Gasteiger partial charge is 0.250 e. The van der Waals surface area contributed by atoms with Crippen molar-refractivity contribution in [2.45, 2.75) is 11.7 Å².